The van der Waals surface area contributed by atoms with Crippen molar-refractivity contribution in [3.8, 4) is 0 Å². The molecule has 33 heavy (non-hydrogen) atoms. The lowest BCUT2D eigenvalue weighted by molar-refractivity contribution is 0.213. The van der Waals surface area contributed by atoms with E-state index in [0.717, 1.165) is 16.5 Å². The van der Waals surface area contributed by atoms with Gasteiger partial charge in [0.15, 0.2) is 5.82 Å². The van der Waals surface area contributed by atoms with E-state index >= 15 is 0 Å². The third-order valence-corrected chi connectivity index (χ3v) is 7.41. The minimum absolute atomic E-state index is 0.0539. The van der Waals surface area contributed by atoms with Crippen molar-refractivity contribution in [2.45, 2.75) is 25.4 Å². The summed E-state index contributed by atoms with van der Waals surface area (Å²) in [6, 6.07) is 9.38. The molecular formula is C22H25N7O3S. The van der Waals surface area contributed by atoms with Crippen LogP contribution < -0.4 is 10.2 Å². The van der Waals surface area contributed by atoms with Crippen LogP contribution in [0.4, 0.5) is 22.2 Å². The molecule has 1 fully saturated rings. The van der Waals surface area contributed by atoms with Crippen molar-refractivity contribution in [2.24, 2.45) is 0 Å². The molecule has 10 nitrogen and oxygen atoms in total. The normalized spacial score (nSPS) is 17.9. The molecule has 2 aromatic heterocycles. The number of hydrogen-bond donors (Lipinski definition) is 1. The molecule has 2 amide bonds. The number of para-hydroxylation sites is 1. The first-order valence-corrected chi connectivity index (χ1v) is 12.6. The second kappa shape index (κ2) is 8.23. The molecule has 5 rings (SSSR count). The fraction of sp³-hybridized carbons (Fsp3) is 0.364. The first kappa shape index (κ1) is 21.5. The minimum Gasteiger partial charge on any atom is -0.351 e. The summed E-state index contributed by atoms with van der Waals surface area (Å²) in [6.07, 6.45) is 5.99. The zero-order chi connectivity index (χ0) is 23.2. The maximum absolute atomic E-state index is 13.3. The van der Waals surface area contributed by atoms with Gasteiger partial charge in [0.2, 0.25) is 16.0 Å². The summed E-state index contributed by atoms with van der Waals surface area (Å²) in [5.74, 6) is 0.966. The van der Waals surface area contributed by atoms with Crippen molar-refractivity contribution in [1.29, 1.82) is 0 Å². The molecule has 0 spiro atoms. The summed E-state index contributed by atoms with van der Waals surface area (Å²) in [4.78, 5) is 30.1. The molecule has 1 aromatic carbocycles. The van der Waals surface area contributed by atoms with Gasteiger partial charge in [-0.1, -0.05) is 18.2 Å². The number of fused-ring (bicyclic) bond motifs is 2. The Morgan fingerprint density at radius 1 is 1.09 bits per heavy atom. The molecule has 0 atom stereocenters. The van der Waals surface area contributed by atoms with Crippen molar-refractivity contribution >= 4 is 44.4 Å². The van der Waals surface area contributed by atoms with Gasteiger partial charge in [-0.25, -0.2) is 27.4 Å². The second-order valence-corrected chi connectivity index (χ2v) is 10.4. The molecule has 0 unspecified atom stereocenters. The largest absolute Gasteiger partial charge is 0.351 e. The Morgan fingerprint density at radius 3 is 2.61 bits per heavy atom. The summed E-state index contributed by atoms with van der Waals surface area (Å²) >= 11 is 0. The van der Waals surface area contributed by atoms with Crippen LogP contribution in [0.15, 0.2) is 42.7 Å². The van der Waals surface area contributed by atoms with Gasteiger partial charge >= 0.3 is 6.03 Å². The van der Waals surface area contributed by atoms with Crippen LogP contribution in [0.3, 0.4) is 0 Å². The first-order valence-electron chi connectivity index (χ1n) is 10.8. The Labute approximate surface area is 192 Å². The molecule has 0 aliphatic carbocycles. The quantitative estimate of drug-likeness (QED) is 0.628. The zero-order valence-corrected chi connectivity index (χ0v) is 19.3. The van der Waals surface area contributed by atoms with Crippen molar-refractivity contribution in [2.75, 3.05) is 36.6 Å². The Hall–Kier alpha value is -3.31. The summed E-state index contributed by atoms with van der Waals surface area (Å²) < 4.78 is 25.0. The SMILES string of the molecule is CN1Cc2cnc(NC3CCN(S(C)(=O)=O)CC3)nc2N(c2ccnc3ccccc23)C1=O. The van der Waals surface area contributed by atoms with E-state index in [4.69, 9.17) is 4.98 Å². The molecule has 2 aliphatic heterocycles. The van der Waals surface area contributed by atoms with Gasteiger partial charge in [-0.05, 0) is 25.0 Å². The lowest BCUT2D eigenvalue weighted by atomic mass is 10.1. The molecule has 0 saturated carbocycles. The Morgan fingerprint density at radius 2 is 1.85 bits per heavy atom. The number of carbonyl (C=O) groups is 1. The van der Waals surface area contributed by atoms with Crippen LogP contribution in [0.1, 0.15) is 18.4 Å². The van der Waals surface area contributed by atoms with Gasteiger partial charge in [0, 0.05) is 49.5 Å². The van der Waals surface area contributed by atoms with Gasteiger partial charge in [-0.2, -0.15) is 4.98 Å². The number of benzene rings is 1. The Bertz CT molecular complexity index is 1320. The van der Waals surface area contributed by atoms with Crippen molar-refractivity contribution < 1.29 is 13.2 Å². The number of amides is 2. The van der Waals surface area contributed by atoms with E-state index in [9.17, 15) is 13.2 Å². The zero-order valence-electron chi connectivity index (χ0n) is 18.5. The van der Waals surface area contributed by atoms with Crippen LogP contribution in [-0.4, -0.2) is 71.0 Å². The van der Waals surface area contributed by atoms with Gasteiger partial charge in [-0.3, -0.25) is 4.98 Å². The molecule has 11 heteroatoms. The van der Waals surface area contributed by atoms with Gasteiger partial charge in [-0.15, -0.1) is 0 Å². The molecule has 0 bridgehead atoms. The van der Waals surface area contributed by atoms with Gasteiger partial charge in [0.25, 0.3) is 0 Å². The number of nitrogens with one attached hydrogen (secondary N) is 1. The number of urea groups is 1. The molecule has 4 heterocycles. The number of hydrogen-bond acceptors (Lipinski definition) is 7. The summed E-state index contributed by atoms with van der Waals surface area (Å²) in [5.41, 5.74) is 2.35. The Kier molecular flexibility index (Phi) is 5.37. The van der Waals surface area contributed by atoms with Gasteiger partial charge in [0.1, 0.15) is 0 Å². The fourth-order valence-electron chi connectivity index (χ4n) is 4.36. The van der Waals surface area contributed by atoms with Crippen molar-refractivity contribution in [1.82, 2.24) is 24.2 Å². The highest BCUT2D eigenvalue weighted by Gasteiger charge is 2.33. The van der Waals surface area contributed by atoms with Crippen LogP contribution in [0.2, 0.25) is 0 Å². The number of piperidine rings is 1. The van der Waals surface area contributed by atoms with E-state index in [-0.39, 0.29) is 12.1 Å². The first-order chi connectivity index (χ1) is 15.8. The average molecular weight is 468 g/mol. The maximum atomic E-state index is 13.3. The highest BCUT2D eigenvalue weighted by Crippen LogP contribution is 2.36. The molecule has 3 aromatic rings. The second-order valence-electron chi connectivity index (χ2n) is 8.44. The Balaban J connectivity index is 1.47. The lowest BCUT2D eigenvalue weighted by Crippen LogP contribution is -2.44. The molecule has 1 N–H and O–H groups in total. The monoisotopic (exact) mass is 467 g/mol. The highest BCUT2D eigenvalue weighted by molar-refractivity contribution is 7.88. The van der Waals surface area contributed by atoms with Crippen molar-refractivity contribution in [3.05, 3.63) is 48.3 Å². The molecule has 1 saturated heterocycles. The van der Waals surface area contributed by atoms with E-state index in [1.54, 1.807) is 29.2 Å². The number of nitrogens with zero attached hydrogens (tertiary/aromatic N) is 6. The van der Waals surface area contributed by atoms with E-state index < -0.39 is 10.0 Å². The lowest BCUT2D eigenvalue weighted by Gasteiger charge is -2.35. The minimum atomic E-state index is -3.18. The number of carbonyl (C=O) groups excluding carboxylic acids is 1. The fourth-order valence-corrected chi connectivity index (χ4v) is 5.24. The van der Waals surface area contributed by atoms with Crippen LogP contribution in [0.25, 0.3) is 10.9 Å². The number of aromatic nitrogens is 3. The van der Waals surface area contributed by atoms with Crippen LogP contribution in [0, 0.1) is 0 Å². The molecular weight excluding hydrogens is 442 g/mol. The van der Waals surface area contributed by atoms with E-state index in [2.05, 4.69) is 15.3 Å². The smallest absolute Gasteiger partial charge is 0.330 e. The number of sulfonamides is 1. The van der Waals surface area contributed by atoms with Gasteiger partial charge < -0.3 is 10.2 Å². The van der Waals surface area contributed by atoms with Crippen LogP contribution in [0.5, 0.6) is 0 Å². The summed E-state index contributed by atoms with van der Waals surface area (Å²) in [7, 11) is -1.43. The standard InChI is InChI=1S/C22H25N7O3S/c1-27-14-15-13-24-21(25-16-8-11-28(12-9-16)33(2,31)32)26-20(15)29(22(27)30)19-7-10-23-18-6-4-3-5-17(18)19/h3-7,10,13,16H,8-9,11-12,14H2,1-2H3,(H,24,25,26). The average Bonchev–Trinajstić information content (AvgIpc) is 2.80. The predicted molar refractivity (Wildman–Crippen MR) is 126 cm³/mol. The summed E-state index contributed by atoms with van der Waals surface area (Å²) in [5, 5.41) is 4.19. The van der Waals surface area contributed by atoms with Crippen LogP contribution >= 0.6 is 0 Å². The number of rotatable bonds is 4. The van der Waals surface area contributed by atoms with E-state index in [1.807, 2.05) is 30.3 Å². The highest BCUT2D eigenvalue weighted by atomic mass is 32.2. The number of anilines is 3. The molecule has 172 valence electrons. The molecule has 0 radical (unpaired) electrons. The molecule has 2 aliphatic rings. The third kappa shape index (κ3) is 4.09. The van der Waals surface area contributed by atoms with Gasteiger partial charge in [0.05, 0.1) is 24.0 Å². The number of pyridine rings is 1. The van der Waals surface area contributed by atoms with E-state index in [0.29, 0.717) is 49.9 Å². The van der Waals surface area contributed by atoms with Crippen molar-refractivity contribution in [3.63, 3.8) is 0 Å². The van der Waals surface area contributed by atoms with E-state index in [1.165, 1.54) is 10.6 Å². The van der Waals surface area contributed by atoms with Crippen LogP contribution in [-0.2, 0) is 16.6 Å². The predicted octanol–water partition coefficient (Wildman–Crippen LogP) is 2.56. The topological polar surface area (TPSA) is 112 Å². The third-order valence-electron chi connectivity index (χ3n) is 6.10. The maximum Gasteiger partial charge on any atom is 0.330 e. The summed E-state index contributed by atoms with van der Waals surface area (Å²) in [6.45, 7) is 1.33.